The van der Waals surface area contributed by atoms with Gasteiger partial charge in [0.05, 0.1) is 13.2 Å². The van der Waals surface area contributed by atoms with Gasteiger partial charge in [0.25, 0.3) is 0 Å². The smallest absolute Gasteiger partial charge is 0.0712 e. The molecule has 0 aromatic rings. The van der Waals surface area contributed by atoms with Crippen molar-refractivity contribution in [2.75, 3.05) is 33.0 Å². The number of unbranched alkanes of at least 4 members (excludes halogenated alkanes) is 2. The number of aliphatic hydroxyl groups is 2. The Labute approximate surface area is 91.5 Å². The van der Waals surface area contributed by atoms with E-state index in [4.69, 9.17) is 19.9 Å². The molecule has 0 rings (SSSR count). The molecule has 0 fully saturated rings. The summed E-state index contributed by atoms with van der Waals surface area (Å²) in [5.41, 5.74) is 0. The summed E-state index contributed by atoms with van der Waals surface area (Å²) in [7, 11) is 0. The van der Waals surface area contributed by atoms with Gasteiger partial charge in [-0.1, -0.05) is 5.23 Å². The van der Waals surface area contributed by atoms with Gasteiger partial charge in [-0.3, -0.25) is 9.68 Å². The summed E-state index contributed by atoms with van der Waals surface area (Å²) in [5, 5.41) is 18.6. The molecule has 2 N–H and O–H groups in total. The lowest BCUT2D eigenvalue weighted by molar-refractivity contribution is -0.366. The minimum Gasteiger partial charge on any atom is -0.396 e. The van der Waals surface area contributed by atoms with Crippen molar-refractivity contribution in [2.24, 2.45) is 0 Å². The van der Waals surface area contributed by atoms with Crippen LogP contribution in [0.3, 0.4) is 0 Å². The highest BCUT2D eigenvalue weighted by Gasteiger charge is 2.02. The molecule has 0 aromatic carbocycles. The maximum atomic E-state index is 8.57. The molecule has 0 saturated carbocycles. The van der Waals surface area contributed by atoms with Gasteiger partial charge in [0.15, 0.2) is 0 Å². The summed E-state index contributed by atoms with van der Waals surface area (Å²) in [6, 6.07) is 0. The number of aliphatic hydroxyl groups excluding tert-OH is 2. The predicted octanol–water partition coefficient (Wildman–Crippen LogP) is 0.716. The first-order chi connectivity index (χ1) is 7.35. The van der Waals surface area contributed by atoms with Gasteiger partial charge in [-0.25, -0.2) is 0 Å². The first-order valence-corrected chi connectivity index (χ1v) is 5.60. The number of hydroxylamine groups is 2. The molecular formula is C10H23NO4. The van der Waals surface area contributed by atoms with Crippen LogP contribution in [-0.2, 0) is 9.68 Å². The molecule has 0 aliphatic heterocycles. The summed E-state index contributed by atoms with van der Waals surface area (Å²) in [6.45, 7) is 4.14. The van der Waals surface area contributed by atoms with Crippen LogP contribution in [0.1, 0.15) is 32.6 Å². The maximum Gasteiger partial charge on any atom is 0.0712 e. The highest BCUT2D eigenvalue weighted by Crippen LogP contribution is 1.98. The SMILES string of the molecule is CCN(OCCCCO)OCCCCO. The van der Waals surface area contributed by atoms with E-state index in [1.807, 2.05) is 6.92 Å². The molecule has 5 heteroatoms. The van der Waals surface area contributed by atoms with Crippen molar-refractivity contribution in [3.63, 3.8) is 0 Å². The lowest BCUT2D eigenvalue weighted by Gasteiger charge is -2.19. The zero-order valence-electron chi connectivity index (χ0n) is 9.52. The van der Waals surface area contributed by atoms with E-state index in [0.717, 1.165) is 25.7 Å². The quantitative estimate of drug-likeness (QED) is 0.397. The average molecular weight is 221 g/mol. The van der Waals surface area contributed by atoms with Crippen LogP contribution in [0.2, 0.25) is 0 Å². The van der Waals surface area contributed by atoms with E-state index >= 15 is 0 Å². The minimum absolute atomic E-state index is 0.201. The molecule has 0 radical (unpaired) electrons. The second kappa shape index (κ2) is 11.9. The van der Waals surface area contributed by atoms with Gasteiger partial charge in [0, 0.05) is 19.8 Å². The third kappa shape index (κ3) is 10.1. The van der Waals surface area contributed by atoms with Gasteiger partial charge >= 0.3 is 0 Å². The monoisotopic (exact) mass is 221 g/mol. The Bertz CT molecular complexity index is 112. The summed E-state index contributed by atoms with van der Waals surface area (Å²) in [5.74, 6) is 0. The van der Waals surface area contributed by atoms with Crippen molar-refractivity contribution >= 4 is 0 Å². The van der Waals surface area contributed by atoms with Crippen LogP contribution in [0, 0.1) is 0 Å². The molecule has 0 heterocycles. The van der Waals surface area contributed by atoms with Gasteiger partial charge in [-0.15, -0.1) is 0 Å². The Morgan fingerprint density at radius 2 is 1.33 bits per heavy atom. The Kier molecular flexibility index (Phi) is 11.7. The maximum absolute atomic E-state index is 8.57. The van der Waals surface area contributed by atoms with E-state index in [9.17, 15) is 0 Å². The number of rotatable bonds is 11. The summed E-state index contributed by atoms with van der Waals surface area (Å²) in [4.78, 5) is 10.6. The molecule has 0 bridgehead atoms. The second-order valence-electron chi connectivity index (χ2n) is 3.18. The number of hydrogen-bond acceptors (Lipinski definition) is 5. The van der Waals surface area contributed by atoms with Gasteiger partial charge in [-0.2, -0.15) is 0 Å². The van der Waals surface area contributed by atoms with Gasteiger partial charge in [-0.05, 0) is 32.6 Å². The van der Waals surface area contributed by atoms with Crippen LogP contribution < -0.4 is 0 Å². The lowest BCUT2D eigenvalue weighted by atomic mass is 10.3. The summed E-state index contributed by atoms with van der Waals surface area (Å²) in [6.07, 6.45) is 3.16. The first kappa shape index (κ1) is 14.8. The summed E-state index contributed by atoms with van der Waals surface area (Å²) < 4.78 is 0. The van der Waals surface area contributed by atoms with Crippen LogP contribution in [-0.4, -0.2) is 48.4 Å². The van der Waals surface area contributed by atoms with E-state index < -0.39 is 0 Å². The van der Waals surface area contributed by atoms with Gasteiger partial charge in [0.1, 0.15) is 0 Å². The minimum atomic E-state index is 0.201. The van der Waals surface area contributed by atoms with Crippen LogP contribution in [0.4, 0.5) is 0 Å². The molecule has 0 spiro atoms. The Morgan fingerprint density at radius 1 is 0.867 bits per heavy atom. The predicted molar refractivity (Wildman–Crippen MR) is 56.9 cm³/mol. The topological polar surface area (TPSA) is 62.2 Å². The van der Waals surface area contributed by atoms with Gasteiger partial charge < -0.3 is 10.2 Å². The van der Waals surface area contributed by atoms with Crippen molar-refractivity contribution in [1.82, 2.24) is 5.23 Å². The highest BCUT2D eigenvalue weighted by atomic mass is 16.9. The third-order valence-electron chi connectivity index (χ3n) is 1.83. The molecule has 0 aromatic heterocycles. The van der Waals surface area contributed by atoms with E-state index in [0.29, 0.717) is 19.8 Å². The van der Waals surface area contributed by atoms with Crippen LogP contribution in [0.5, 0.6) is 0 Å². The van der Waals surface area contributed by atoms with Crippen LogP contribution in [0.25, 0.3) is 0 Å². The Balaban J connectivity index is 3.29. The van der Waals surface area contributed by atoms with Crippen molar-refractivity contribution in [2.45, 2.75) is 32.6 Å². The zero-order chi connectivity index (χ0) is 11.4. The fourth-order valence-electron chi connectivity index (χ4n) is 0.980. The molecule has 0 aliphatic carbocycles. The van der Waals surface area contributed by atoms with Crippen molar-refractivity contribution < 1.29 is 19.9 Å². The molecular weight excluding hydrogens is 198 g/mol. The third-order valence-corrected chi connectivity index (χ3v) is 1.83. The fourth-order valence-corrected chi connectivity index (χ4v) is 0.980. The van der Waals surface area contributed by atoms with Crippen LogP contribution in [0.15, 0.2) is 0 Å². The van der Waals surface area contributed by atoms with Gasteiger partial charge in [0.2, 0.25) is 0 Å². The van der Waals surface area contributed by atoms with E-state index in [2.05, 4.69) is 0 Å². The molecule has 5 nitrogen and oxygen atoms in total. The highest BCUT2D eigenvalue weighted by molar-refractivity contribution is 4.36. The lowest BCUT2D eigenvalue weighted by Crippen LogP contribution is -2.25. The molecule has 92 valence electrons. The van der Waals surface area contributed by atoms with E-state index in [1.54, 1.807) is 0 Å². The Morgan fingerprint density at radius 3 is 1.67 bits per heavy atom. The van der Waals surface area contributed by atoms with E-state index in [1.165, 1.54) is 5.23 Å². The fraction of sp³-hybridized carbons (Fsp3) is 1.00. The molecule has 0 saturated heterocycles. The standard InChI is InChI=1S/C10H23NO4/c1-2-11(14-9-5-3-7-12)15-10-6-4-8-13/h12-13H,2-10H2,1H3. The second-order valence-corrected chi connectivity index (χ2v) is 3.18. The average Bonchev–Trinajstić information content (AvgIpc) is 2.27. The molecule has 0 amide bonds. The molecule has 15 heavy (non-hydrogen) atoms. The molecule has 0 unspecified atom stereocenters. The zero-order valence-corrected chi connectivity index (χ0v) is 9.52. The first-order valence-electron chi connectivity index (χ1n) is 5.60. The van der Waals surface area contributed by atoms with Crippen molar-refractivity contribution in [1.29, 1.82) is 0 Å². The molecule has 0 aliphatic rings. The Hall–Kier alpha value is -0.200. The normalized spacial score (nSPS) is 11.2. The van der Waals surface area contributed by atoms with Crippen molar-refractivity contribution in [3.05, 3.63) is 0 Å². The summed E-state index contributed by atoms with van der Waals surface area (Å²) >= 11 is 0. The molecule has 0 atom stereocenters. The number of hydrogen-bond donors (Lipinski definition) is 2. The largest absolute Gasteiger partial charge is 0.396 e. The van der Waals surface area contributed by atoms with Crippen molar-refractivity contribution in [3.8, 4) is 0 Å². The number of nitrogens with zero attached hydrogens (tertiary/aromatic N) is 1. The van der Waals surface area contributed by atoms with E-state index in [-0.39, 0.29) is 13.2 Å². The van der Waals surface area contributed by atoms with Crippen LogP contribution >= 0.6 is 0 Å².